The second-order valence-corrected chi connectivity index (χ2v) is 4.31. The molecule has 0 aliphatic rings. The highest BCUT2D eigenvalue weighted by Gasteiger charge is 1.88. The van der Waals surface area contributed by atoms with Gasteiger partial charge in [0.05, 0.1) is 13.2 Å². The lowest BCUT2D eigenvalue weighted by atomic mass is 10.2. The molecule has 0 aliphatic heterocycles. The first-order valence-electron chi connectivity index (χ1n) is 5.97. The van der Waals surface area contributed by atoms with E-state index in [4.69, 9.17) is 4.74 Å². The first kappa shape index (κ1) is 19.1. The summed E-state index contributed by atoms with van der Waals surface area (Å²) >= 11 is 0. The molecule has 0 aliphatic carbocycles. The zero-order valence-corrected chi connectivity index (χ0v) is 11.8. The van der Waals surface area contributed by atoms with Gasteiger partial charge in [-0.3, -0.25) is 4.18 Å². The molecule has 0 rings (SSSR count). The van der Waals surface area contributed by atoms with Gasteiger partial charge >= 0.3 is 0 Å². The van der Waals surface area contributed by atoms with Crippen LogP contribution < -0.4 is 5.32 Å². The smallest absolute Gasteiger partial charge is 0.217 e. The first-order valence-corrected chi connectivity index (χ1v) is 7.30. The van der Waals surface area contributed by atoms with E-state index in [2.05, 4.69) is 16.4 Å². The van der Waals surface area contributed by atoms with Gasteiger partial charge in [-0.15, -0.1) is 0 Å². The average Bonchev–Trinajstić information content (AvgIpc) is 2.22. The fourth-order valence-corrected chi connectivity index (χ4v) is 1.26. The number of nitrogens with two attached hydrogens (primary N) is 1. The lowest BCUT2D eigenvalue weighted by Gasteiger charge is -2.02. The largest absolute Gasteiger partial charge is 0.726 e. The van der Waals surface area contributed by atoms with Crippen LogP contribution in [0, 0.1) is 0 Å². The molecule has 0 aromatic heterocycles. The fraction of sp³-hybridized carbons (Fsp3) is 1.00. The molecule has 0 fully saturated rings. The summed E-state index contributed by atoms with van der Waals surface area (Å²) in [5.41, 5.74) is 0. The van der Waals surface area contributed by atoms with Crippen LogP contribution in [0.25, 0.3) is 0 Å². The van der Waals surface area contributed by atoms with Gasteiger partial charge in [0, 0.05) is 6.61 Å². The van der Waals surface area contributed by atoms with E-state index in [1.54, 1.807) is 0 Å². The van der Waals surface area contributed by atoms with Crippen molar-refractivity contribution < 1.29 is 27.2 Å². The van der Waals surface area contributed by atoms with Crippen LogP contribution in [0.15, 0.2) is 0 Å². The summed E-state index contributed by atoms with van der Waals surface area (Å²) in [6.45, 7) is 8.47. The van der Waals surface area contributed by atoms with Crippen LogP contribution in [0.2, 0.25) is 0 Å². The quantitative estimate of drug-likeness (QED) is 0.280. The van der Waals surface area contributed by atoms with Gasteiger partial charge in [-0.05, 0) is 26.7 Å². The summed E-state index contributed by atoms with van der Waals surface area (Å²) in [5.74, 6) is 0. The van der Waals surface area contributed by atoms with Crippen molar-refractivity contribution in [3.8, 4) is 0 Å². The Morgan fingerprint density at radius 1 is 1.12 bits per heavy atom. The second kappa shape index (κ2) is 13.9. The van der Waals surface area contributed by atoms with E-state index in [9.17, 15) is 13.0 Å². The van der Waals surface area contributed by atoms with Crippen LogP contribution in [-0.2, 0) is 19.3 Å². The number of rotatable bonds is 9. The molecule has 17 heavy (non-hydrogen) atoms. The van der Waals surface area contributed by atoms with E-state index < -0.39 is 10.4 Å². The van der Waals surface area contributed by atoms with Crippen molar-refractivity contribution in [1.82, 2.24) is 0 Å². The lowest BCUT2D eigenvalue weighted by molar-refractivity contribution is -0.687. The number of ether oxygens (including phenoxy) is 1. The highest BCUT2D eigenvalue weighted by atomic mass is 32.3. The summed E-state index contributed by atoms with van der Waals surface area (Å²) < 4.78 is 37.2. The molecule has 0 saturated carbocycles. The van der Waals surface area contributed by atoms with Crippen LogP contribution in [0.4, 0.5) is 0 Å². The van der Waals surface area contributed by atoms with Gasteiger partial charge in [0.25, 0.3) is 0 Å². The molecule has 0 aromatic rings. The van der Waals surface area contributed by atoms with Crippen LogP contribution in [0.1, 0.15) is 40.0 Å². The van der Waals surface area contributed by atoms with Crippen LogP contribution in [-0.4, -0.2) is 39.5 Å². The van der Waals surface area contributed by atoms with E-state index in [0.717, 1.165) is 13.3 Å². The molecular weight excluding hydrogens is 246 g/mol. The lowest BCUT2D eigenvalue weighted by Crippen LogP contribution is -2.84. The van der Waals surface area contributed by atoms with E-state index >= 15 is 0 Å². The summed E-state index contributed by atoms with van der Waals surface area (Å²) in [7, 11) is -4.42. The SMILES string of the molecule is CCCCC[NH2+]COCC.CCOS(=O)(=O)[O-]. The van der Waals surface area contributed by atoms with Crippen molar-refractivity contribution in [2.45, 2.75) is 40.0 Å². The van der Waals surface area contributed by atoms with Crippen LogP contribution in [0.5, 0.6) is 0 Å². The van der Waals surface area contributed by atoms with E-state index in [1.165, 1.54) is 32.7 Å². The monoisotopic (exact) mass is 271 g/mol. The third-order valence-corrected chi connectivity index (χ3v) is 2.24. The predicted octanol–water partition coefficient (Wildman–Crippen LogP) is 0.217. The van der Waals surface area contributed by atoms with Gasteiger partial charge in [-0.25, -0.2) is 8.42 Å². The molecule has 6 nitrogen and oxygen atoms in total. The van der Waals surface area contributed by atoms with E-state index in [0.29, 0.717) is 0 Å². The van der Waals surface area contributed by atoms with Gasteiger partial charge in [-0.1, -0.05) is 13.3 Å². The molecule has 0 atom stereocenters. The Bertz CT molecular complexity index is 223. The molecular formula is C10H25NO5S. The van der Waals surface area contributed by atoms with Gasteiger partial charge in [0.15, 0.2) is 6.73 Å². The van der Waals surface area contributed by atoms with Crippen LogP contribution >= 0.6 is 0 Å². The molecule has 0 aromatic carbocycles. The number of hydrogen-bond acceptors (Lipinski definition) is 5. The van der Waals surface area contributed by atoms with Crippen molar-refractivity contribution >= 4 is 10.4 Å². The zero-order valence-electron chi connectivity index (χ0n) is 11.0. The topological polar surface area (TPSA) is 92.3 Å². The third-order valence-electron chi connectivity index (χ3n) is 1.71. The summed E-state index contributed by atoms with van der Waals surface area (Å²) in [6.07, 6.45) is 3.98. The Kier molecular flexibility index (Phi) is 15.6. The van der Waals surface area contributed by atoms with Crippen molar-refractivity contribution in [3.05, 3.63) is 0 Å². The summed E-state index contributed by atoms with van der Waals surface area (Å²) in [5, 5.41) is 2.22. The summed E-state index contributed by atoms with van der Waals surface area (Å²) in [6, 6.07) is 0. The van der Waals surface area contributed by atoms with E-state index in [-0.39, 0.29) is 6.61 Å². The molecule has 0 radical (unpaired) electrons. The Hall–Kier alpha value is -0.210. The van der Waals surface area contributed by atoms with Gasteiger partial charge < -0.3 is 14.6 Å². The highest BCUT2D eigenvalue weighted by Crippen LogP contribution is 1.88. The number of unbranched alkanes of at least 4 members (excludes halogenated alkanes) is 2. The van der Waals surface area contributed by atoms with E-state index in [1.807, 2.05) is 6.92 Å². The molecule has 2 N–H and O–H groups in total. The highest BCUT2D eigenvalue weighted by molar-refractivity contribution is 7.80. The molecule has 0 saturated heterocycles. The minimum absolute atomic E-state index is 0.0914. The minimum Gasteiger partial charge on any atom is -0.726 e. The molecule has 0 heterocycles. The average molecular weight is 271 g/mol. The van der Waals surface area contributed by atoms with Gasteiger partial charge in [-0.2, -0.15) is 0 Å². The maximum atomic E-state index is 9.45. The first-order chi connectivity index (χ1) is 7.97. The molecule has 0 spiro atoms. The van der Waals surface area contributed by atoms with Crippen LogP contribution in [0.3, 0.4) is 0 Å². The Labute approximate surface area is 105 Å². The Morgan fingerprint density at radius 3 is 2.12 bits per heavy atom. The minimum atomic E-state index is -4.42. The number of quaternary nitrogens is 1. The van der Waals surface area contributed by atoms with Gasteiger partial charge in [0.1, 0.15) is 0 Å². The molecule has 106 valence electrons. The molecule has 0 amide bonds. The Morgan fingerprint density at radius 2 is 1.76 bits per heavy atom. The maximum absolute atomic E-state index is 9.45. The zero-order chi connectivity index (χ0) is 13.6. The maximum Gasteiger partial charge on any atom is 0.217 e. The van der Waals surface area contributed by atoms with Crippen molar-refractivity contribution in [2.75, 3.05) is 26.5 Å². The molecule has 0 unspecified atom stereocenters. The predicted molar refractivity (Wildman–Crippen MR) is 64.1 cm³/mol. The summed E-state index contributed by atoms with van der Waals surface area (Å²) in [4.78, 5) is 0. The molecule has 0 bridgehead atoms. The Balaban J connectivity index is 0. The molecule has 7 heteroatoms. The normalized spacial score (nSPS) is 10.8. The van der Waals surface area contributed by atoms with Crippen molar-refractivity contribution in [2.24, 2.45) is 0 Å². The second-order valence-electron chi connectivity index (χ2n) is 3.26. The van der Waals surface area contributed by atoms with Crippen molar-refractivity contribution in [3.63, 3.8) is 0 Å². The number of hydrogen-bond donors (Lipinski definition) is 1. The van der Waals surface area contributed by atoms with Crippen molar-refractivity contribution in [1.29, 1.82) is 0 Å². The van der Waals surface area contributed by atoms with Gasteiger partial charge in [0.2, 0.25) is 10.4 Å². The third kappa shape index (κ3) is 25.8. The fourth-order valence-electron chi connectivity index (χ4n) is 0.968. The standard InChI is InChI=1S/C8H19NO.C2H6O4S/c1-3-5-6-7-9-8-10-4-2;1-2-6-7(3,4)5/h9H,3-8H2,1-2H3;2H2,1H3,(H,3,4,5).